The molecule has 1 fully saturated rings. The average Bonchev–Trinajstić information content (AvgIpc) is 2.63. The van der Waals surface area contributed by atoms with Gasteiger partial charge >= 0.3 is 11.9 Å². The first-order chi connectivity index (χ1) is 41.7. The van der Waals surface area contributed by atoms with Gasteiger partial charge in [-0.3, -0.25) is 14.5 Å². The van der Waals surface area contributed by atoms with Gasteiger partial charge in [-0.05, 0) is 46.4 Å². The number of anilines is 1. The van der Waals surface area contributed by atoms with E-state index in [2.05, 4.69) is 47.0 Å². The largest absolute Gasteiger partial charge is 0.492 e. The molecule has 2 amide bonds. The number of ether oxygens (including phenoxy) is 3. The second-order valence-electron chi connectivity index (χ2n) is 20.2. The van der Waals surface area contributed by atoms with Crippen LogP contribution in [0.1, 0.15) is 63.2 Å². The van der Waals surface area contributed by atoms with Gasteiger partial charge in [0, 0.05) is 27.8 Å². The zero-order valence-electron chi connectivity index (χ0n) is 46.1. The van der Waals surface area contributed by atoms with Crippen LogP contribution in [-0.2, 0) is 49.4 Å². The predicted molar refractivity (Wildman–Crippen MR) is 329 cm³/mol. The van der Waals surface area contributed by atoms with Crippen molar-refractivity contribution in [2.24, 2.45) is 5.16 Å². The quantitative estimate of drug-likeness (QED) is 0.0261. The Morgan fingerprint density at radius 2 is 1.11 bits per heavy atom. The summed E-state index contributed by atoms with van der Waals surface area (Å²) < 4.78 is 17.7. The molecule has 12 rings (SSSR count). The Balaban J connectivity index is 0.951. The lowest BCUT2D eigenvalue weighted by atomic mass is 9.77. The number of allylic oxidation sites excluding steroid dienone is 1. The summed E-state index contributed by atoms with van der Waals surface area (Å²) in [4.78, 5) is 72.2. The van der Waals surface area contributed by atoms with Crippen LogP contribution in [0.15, 0.2) is 288 Å². The number of thioether (sulfide) groups is 1. The monoisotopic (exact) mass is 1160 g/mol. The number of cyclic esters (lactones) is 1. The number of benzene rings is 8. The number of oxime groups is 1. The molecule has 9 aromatic rings. The summed E-state index contributed by atoms with van der Waals surface area (Å²) in [6, 6.07) is 76.7. The number of hydrogen-bond acceptors (Lipinski definition) is 13. The number of hydrogen-bond donors (Lipinski definition) is 2. The van der Waals surface area contributed by atoms with E-state index in [-0.39, 0.29) is 39.9 Å². The maximum absolute atomic E-state index is 15.6. The lowest BCUT2D eigenvalue weighted by Gasteiger charge is -2.49. The van der Waals surface area contributed by atoms with Crippen LogP contribution in [0, 0.1) is 0 Å². The highest BCUT2D eigenvalue weighted by atomic mass is 32.2. The number of thiazole rings is 1. The Kier molecular flexibility index (Phi) is 15.9. The Bertz CT molecular complexity index is 3790. The summed E-state index contributed by atoms with van der Waals surface area (Å²) in [6.45, 7) is 1.58. The van der Waals surface area contributed by atoms with Gasteiger partial charge in [-0.1, -0.05) is 248 Å². The lowest BCUT2D eigenvalue weighted by molar-refractivity contribution is -0.154. The molecule has 85 heavy (non-hydrogen) atoms. The maximum atomic E-state index is 15.6. The number of nitrogens with zero attached hydrogens (tertiary/aromatic N) is 3. The second-order valence-corrected chi connectivity index (χ2v) is 22.2. The molecule has 420 valence electrons. The van der Waals surface area contributed by atoms with E-state index in [9.17, 15) is 4.79 Å². The summed E-state index contributed by atoms with van der Waals surface area (Å²) in [5, 5.41) is 13.1. The first-order valence-corrected chi connectivity index (χ1v) is 29.4. The number of carbonyl (C=O) groups is 4. The Labute approximate surface area is 500 Å². The number of nitrogens with one attached hydrogen (secondary N) is 2. The Morgan fingerprint density at radius 3 is 1.56 bits per heavy atom. The first-order valence-electron chi connectivity index (χ1n) is 27.5. The molecular weight excluding hydrogens is 1100 g/mol. The van der Waals surface area contributed by atoms with Gasteiger partial charge in [0.25, 0.3) is 11.8 Å². The Morgan fingerprint density at radius 1 is 0.659 bits per heavy atom. The molecule has 2 atom stereocenters. The predicted octanol–water partition coefficient (Wildman–Crippen LogP) is 12.6. The molecule has 0 spiro atoms. The van der Waals surface area contributed by atoms with Crippen molar-refractivity contribution < 1.29 is 38.2 Å². The molecule has 3 aliphatic rings. The molecule has 8 aromatic carbocycles. The summed E-state index contributed by atoms with van der Waals surface area (Å²) in [5.41, 5.74) is 4.47. The number of aromatic nitrogens is 1. The third-order valence-electron chi connectivity index (χ3n) is 15.2. The van der Waals surface area contributed by atoms with Crippen molar-refractivity contribution in [2.75, 3.05) is 18.2 Å². The zero-order chi connectivity index (χ0) is 58.3. The summed E-state index contributed by atoms with van der Waals surface area (Å²) in [6.07, 6.45) is 0.657. The molecule has 13 nitrogen and oxygen atoms in total. The molecule has 1 saturated heterocycles. The number of esters is 2. The van der Waals surface area contributed by atoms with Crippen molar-refractivity contribution in [1.29, 1.82) is 0 Å². The summed E-state index contributed by atoms with van der Waals surface area (Å²) >= 11 is 2.59. The number of β-lactam (4-membered cyclic amide) rings is 1. The standard InChI is InChI=1S/C70H55N5O8S2/c1-46-61(80-2)57(81-66(46)78)43-49-44-84-65-59(64(77)75(65)60(49)67(79)82-62(47-27-11-3-12-28-47)48-29-13-4-14-30-48)72-63(76)58(74-83-70(53-37-21-8-22-38-53,54-39-23-9-24-40-54)55-41-25-10-26-42-55)56-45-85-68(71-56)73-69(50-31-15-5-16-32-50,51-33-17-6-18-34-51)52-35-19-7-20-36-52/h3-43,45,59,62,65H,44H2,1-2H3,(H,71,73)(H,72,76)/b57-43-,74-58+/t59-,65-/m1/s1. The number of rotatable bonds is 19. The molecule has 15 heteroatoms. The van der Waals surface area contributed by atoms with Crippen LogP contribution < -0.4 is 10.6 Å². The van der Waals surface area contributed by atoms with E-state index < -0.39 is 52.4 Å². The average molecular weight is 1160 g/mol. The van der Waals surface area contributed by atoms with Crippen molar-refractivity contribution in [1.82, 2.24) is 15.2 Å². The number of carbonyl (C=O) groups excluding carboxylic acids is 4. The fourth-order valence-corrected chi connectivity index (χ4v) is 13.1. The third-order valence-corrected chi connectivity index (χ3v) is 17.2. The molecule has 0 radical (unpaired) electrons. The van der Waals surface area contributed by atoms with Crippen molar-refractivity contribution in [3.63, 3.8) is 0 Å². The van der Waals surface area contributed by atoms with E-state index in [0.29, 0.717) is 21.8 Å². The maximum Gasteiger partial charge on any atom is 0.356 e. The van der Waals surface area contributed by atoms with Crippen LogP contribution in [0.25, 0.3) is 0 Å². The van der Waals surface area contributed by atoms with Crippen LogP contribution in [-0.4, -0.2) is 63.6 Å². The van der Waals surface area contributed by atoms with Gasteiger partial charge in [-0.15, -0.1) is 23.1 Å². The minimum absolute atomic E-state index is 0.0777. The van der Waals surface area contributed by atoms with Gasteiger partial charge < -0.3 is 29.7 Å². The van der Waals surface area contributed by atoms with E-state index in [1.165, 1.54) is 41.2 Å². The Hall–Kier alpha value is -10.1. The summed E-state index contributed by atoms with van der Waals surface area (Å²) in [7, 11) is 1.42. The van der Waals surface area contributed by atoms with E-state index in [1.807, 2.05) is 206 Å². The van der Waals surface area contributed by atoms with Crippen LogP contribution in [0.5, 0.6) is 0 Å². The molecule has 2 N–H and O–H groups in total. The molecule has 1 aromatic heterocycles. The van der Waals surface area contributed by atoms with Crippen LogP contribution >= 0.6 is 23.1 Å². The van der Waals surface area contributed by atoms with Gasteiger partial charge in [0.2, 0.25) is 5.60 Å². The molecule has 4 heterocycles. The van der Waals surface area contributed by atoms with Gasteiger partial charge in [0.05, 0.1) is 12.7 Å². The van der Waals surface area contributed by atoms with Gasteiger partial charge in [0.1, 0.15) is 28.3 Å². The van der Waals surface area contributed by atoms with Gasteiger partial charge in [0.15, 0.2) is 28.5 Å². The topological polar surface area (TPSA) is 158 Å². The second kappa shape index (κ2) is 24.4. The fourth-order valence-electron chi connectivity index (χ4n) is 11.1. The number of fused-ring (bicyclic) bond motifs is 1. The number of methoxy groups -OCH3 is 1. The normalized spacial score (nSPS) is 16.6. The van der Waals surface area contributed by atoms with E-state index in [4.69, 9.17) is 29.2 Å². The SMILES string of the molecule is COC1=C(C)C(=O)O/C1=C\C1=C(C(=O)OC(c2ccccc2)c2ccccc2)N2C(=O)[C@@H](NC(=O)/C(=N/OC(c3ccccc3)(c3ccccc3)c3ccccc3)c3csc(NC(c4ccccc4)(c4ccccc4)c4ccccc4)n3)[C@H]2SC1. The van der Waals surface area contributed by atoms with Crippen molar-refractivity contribution in [2.45, 2.75) is 35.6 Å². The van der Waals surface area contributed by atoms with Gasteiger partial charge in [-0.2, -0.15) is 0 Å². The summed E-state index contributed by atoms with van der Waals surface area (Å²) in [5.74, 6) is -2.38. The van der Waals surface area contributed by atoms with Gasteiger partial charge in [-0.25, -0.2) is 14.6 Å². The molecular formula is C70H55N5O8S2. The minimum Gasteiger partial charge on any atom is -0.492 e. The lowest BCUT2D eigenvalue weighted by Crippen LogP contribution is -2.71. The van der Waals surface area contributed by atoms with E-state index >= 15 is 14.4 Å². The molecule has 0 bridgehead atoms. The molecule has 0 unspecified atom stereocenters. The molecule has 0 aliphatic carbocycles. The highest BCUT2D eigenvalue weighted by Crippen LogP contribution is 2.45. The van der Waals surface area contributed by atoms with Crippen LogP contribution in [0.2, 0.25) is 0 Å². The van der Waals surface area contributed by atoms with E-state index in [1.54, 1.807) is 12.3 Å². The van der Waals surface area contributed by atoms with Crippen molar-refractivity contribution in [3.8, 4) is 0 Å². The van der Waals surface area contributed by atoms with Crippen LogP contribution in [0.3, 0.4) is 0 Å². The zero-order valence-corrected chi connectivity index (χ0v) is 47.7. The fraction of sp³-hybridized carbons (Fsp3) is 0.114. The highest BCUT2D eigenvalue weighted by Gasteiger charge is 2.55. The highest BCUT2D eigenvalue weighted by molar-refractivity contribution is 8.00. The van der Waals surface area contributed by atoms with Crippen molar-refractivity contribution >= 4 is 57.7 Å². The van der Waals surface area contributed by atoms with Crippen molar-refractivity contribution in [3.05, 3.63) is 333 Å². The molecule has 0 saturated carbocycles. The van der Waals surface area contributed by atoms with Crippen LogP contribution in [0.4, 0.5) is 5.13 Å². The first kappa shape index (κ1) is 55.4. The minimum atomic E-state index is -1.41. The number of amides is 2. The third kappa shape index (κ3) is 10.7. The smallest absolute Gasteiger partial charge is 0.356 e. The molecule has 3 aliphatic heterocycles. The van der Waals surface area contributed by atoms with E-state index in [0.717, 1.165) is 33.4 Å².